The maximum absolute atomic E-state index is 10.2. The highest BCUT2D eigenvalue weighted by Crippen LogP contribution is 2.66. The van der Waals surface area contributed by atoms with Crippen LogP contribution in [0.1, 0.15) is 58.8 Å². The van der Waals surface area contributed by atoms with E-state index in [1.54, 1.807) is 11.3 Å². The molecule has 2 aromatic rings. The summed E-state index contributed by atoms with van der Waals surface area (Å²) in [5.41, 5.74) is 5.09. The lowest BCUT2D eigenvalue weighted by Crippen LogP contribution is -2.50. The van der Waals surface area contributed by atoms with Gasteiger partial charge in [-0.15, -0.1) is 0 Å². The summed E-state index contributed by atoms with van der Waals surface area (Å²) in [6, 6.07) is 11.1. The number of allylic oxidation sites excluding steroid dienone is 3. The fraction of sp³-hybridized carbons (Fsp3) is 0.556. The summed E-state index contributed by atoms with van der Waals surface area (Å²) in [5.74, 6) is 2.38. The molecule has 1 aromatic carbocycles. The highest BCUT2D eigenvalue weighted by Gasteiger charge is 2.57. The van der Waals surface area contributed by atoms with Gasteiger partial charge in [-0.1, -0.05) is 49.8 Å². The average Bonchev–Trinajstić information content (AvgIpc) is 3.29. The SMILES string of the molecule is C[C@]12CC[C@H](O)C=C1CCC1C2CC[C@]2(C)C(n3ccc4ccccc43)=CCC12. The van der Waals surface area contributed by atoms with Crippen LogP contribution in [0, 0.1) is 28.6 Å². The van der Waals surface area contributed by atoms with Gasteiger partial charge < -0.3 is 9.67 Å². The van der Waals surface area contributed by atoms with E-state index in [4.69, 9.17) is 0 Å². The smallest absolute Gasteiger partial charge is 0.0724 e. The molecule has 6 atom stereocenters. The first kappa shape index (κ1) is 18.0. The topological polar surface area (TPSA) is 25.2 Å². The number of para-hydroxylation sites is 1. The Morgan fingerprint density at radius 1 is 0.966 bits per heavy atom. The minimum atomic E-state index is -0.203. The third-order valence-corrected chi connectivity index (χ3v) is 9.49. The predicted octanol–water partition coefficient (Wildman–Crippen LogP) is 6.42. The molecule has 4 aliphatic carbocycles. The van der Waals surface area contributed by atoms with E-state index in [0.717, 1.165) is 24.2 Å². The monoisotopic (exact) mass is 387 g/mol. The molecule has 3 unspecified atom stereocenters. The molecule has 1 aromatic heterocycles. The lowest BCUT2D eigenvalue weighted by atomic mass is 9.47. The standard InChI is InChI=1S/C27H33NO/c1-26-14-11-20(29)17-19(26)7-8-21-22-9-10-25(27(22,2)15-12-23(21)26)28-16-13-18-5-3-4-6-24(18)28/h3-6,10,13,16-17,20-23,29H,7-9,11-12,14-15H2,1-2H3/t20-,21?,22?,23?,26-,27-/m0/s1. The Labute approximate surface area is 174 Å². The number of hydrogen-bond donors (Lipinski definition) is 1. The molecule has 0 aliphatic heterocycles. The molecular weight excluding hydrogens is 354 g/mol. The maximum atomic E-state index is 10.2. The van der Waals surface area contributed by atoms with Crippen LogP contribution in [-0.2, 0) is 0 Å². The first-order valence-corrected chi connectivity index (χ1v) is 11.7. The van der Waals surface area contributed by atoms with Crippen LogP contribution < -0.4 is 0 Å². The Morgan fingerprint density at radius 3 is 2.69 bits per heavy atom. The molecule has 1 N–H and O–H groups in total. The van der Waals surface area contributed by atoms with Crippen molar-refractivity contribution in [2.75, 3.05) is 0 Å². The fourth-order valence-electron chi connectivity index (χ4n) is 7.92. The van der Waals surface area contributed by atoms with Crippen molar-refractivity contribution in [1.29, 1.82) is 0 Å². The van der Waals surface area contributed by atoms with Crippen molar-refractivity contribution in [3.8, 4) is 0 Å². The number of hydrogen-bond acceptors (Lipinski definition) is 1. The number of benzene rings is 1. The van der Waals surface area contributed by atoms with Crippen molar-refractivity contribution in [2.24, 2.45) is 28.6 Å². The van der Waals surface area contributed by atoms with Crippen LogP contribution in [0.15, 0.2) is 54.3 Å². The van der Waals surface area contributed by atoms with Gasteiger partial charge >= 0.3 is 0 Å². The summed E-state index contributed by atoms with van der Waals surface area (Å²) in [6.45, 7) is 5.08. The molecule has 0 bridgehead atoms. The van der Waals surface area contributed by atoms with Crippen LogP contribution in [0.5, 0.6) is 0 Å². The summed E-state index contributed by atoms with van der Waals surface area (Å²) in [5, 5.41) is 11.5. The van der Waals surface area contributed by atoms with Gasteiger partial charge in [-0.25, -0.2) is 0 Å². The lowest BCUT2D eigenvalue weighted by molar-refractivity contribution is -0.0293. The van der Waals surface area contributed by atoms with Crippen molar-refractivity contribution in [3.63, 3.8) is 0 Å². The average molecular weight is 388 g/mol. The van der Waals surface area contributed by atoms with Gasteiger partial charge in [0.05, 0.1) is 11.6 Å². The van der Waals surface area contributed by atoms with Crippen molar-refractivity contribution >= 4 is 16.6 Å². The Bertz CT molecular complexity index is 1030. The van der Waals surface area contributed by atoms with Crippen molar-refractivity contribution < 1.29 is 5.11 Å². The molecule has 0 spiro atoms. The molecule has 2 nitrogen and oxygen atoms in total. The third-order valence-electron chi connectivity index (χ3n) is 9.49. The van der Waals surface area contributed by atoms with Gasteiger partial charge in [0, 0.05) is 17.3 Å². The van der Waals surface area contributed by atoms with Crippen LogP contribution in [0.2, 0.25) is 0 Å². The van der Waals surface area contributed by atoms with Gasteiger partial charge in [0.25, 0.3) is 0 Å². The Hall–Kier alpha value is -1.80. The number of aliphatic hydroxyl groups excluding tert-OH is 1. The number of aromatic nitrogens is 1. The summed E-state index contributed by atoms with van der Waals surface area (Å²) < 4.78 is 2.49. The molecule has 29 heavy (non-hydrogen) atoms. The van der Waals surface area contributed by atoms with Gasteiger partial charge in [0.1, 0.15) is 0 Å². The Morgan fingerprint density at radius 2 is 1.79 bits per heavy atom. The highest BCUT2D eigenvalue weighted by molar-refractivity contribution is 5.84. The molecule has 2 saturated carbocycles. The summed E-state index contributed by atoms with van der Waals surface area (Å²) in [6.07, 6.45) is 15.4. The minimum Gasteiger partial charge on any atom is -0.389 e. The second-order valence-corrected chi connectivity index (χ2v) is 10.7. The lowest BCUT2D eigenvalue weighted by Gasteiger charge is -2.58. The van der Waals surface area contributed by atoms with E-state index in [1.807, 2.05) is 0 Å². The second-order valence-electron chi connectivity index (χ2n) is 10.7. The second kappa shape index (κ2) is 6.11. The fourth-order valence-corrected chi connectivity index (χ4v) is 7.92. The maximum Gasteiger partial charge on any atom is 0.0724 e. The molecule has 1 heterocycles. The minimum absolute atomic E-state index is 0.203. The van der Waals surface area contributed by atoms with Crippen molar-refractivity contribution in [1.82, 2.24) is 4.57 Å². The molecule has 6 rings (SSSR count). The molecule has 0 amide bonds. The molecule has 152 valence electrons. The summed E-state index contributed by atoms with van der Waals surface area (Å²) >= 11 is 0. The molecule has 2 heteroatoms. The van der Waals surface area contributed by atoms with E-state index < -0.39 is 0 Å². The summed E-state index contributed by atoms with van der Waals surface area (Å²) in [7, 11) is 0. The van der Waals surface area contributed by atoms with E-state index in [-0.39, 0.29) is 11.5 Å². The van der Waals surface area contributed by atoms with Gasteiger partial charge in [0.15, 0.2) is 0 Å². The number of fused-ring (bicyclic) bond motifs is 6. The third kappa shape index (κ3) is 2.39. The van der Waals surface area contributed by atoms with Crippen LogP contribution in [0.4, 0.5) is 0 Å². The first-order valence-electron chi connectivity index (χ1n) is 11.7. The van der Waals surface area contributed by atoms with Crippen LogP contribution in [-0.4, -0.2) is 15.8 Å². The molecule has 4 aliphatic rings. The highest BCUT2D eigenvalue weighted by atomic mass is 16.3. The largest absolute Gasteiger partial charge is 0.389 e. The first-order chi connectivity index (χ1) is 14.0. The van der Waals surface area contributed by atoms with E-state index in [1.165, 1.54) is 49.4 Å². The van der Waals surface area contributed by atoms with Crippen LogP contribution in [0.3, 0.4) is 0 Å². The summed E-state index contributed by atoms with van der Waals surface area (Å²) in [4.78, 5) is 0. The molecular formula is C27H33NO. The Balaban J connectivity index is 1.36. The van der Waals surface area contributed by atoms with Gasteiger partial charge in [-0.3, -0.25) is 0 Å². The Kier molecular flexibility index (Phi) is 3.79. The zero-order valence-electron chi connectivity index (χ0n) is 17.8. The number of nitrogens with zero attached hydrogens (tertiary/aromatic N) is 1. The quantitative estimate of drug-likeness (QED) is 0.562. The number of aliphatic hydroxyl groups is 1. The van der Waals surface area contributed by atoms with Gasteiger partial charge in [-0.2, -0.15) is 0 Å². The van der Waals surface area contributed by atoms with Crippen molar-refractivity contribution in [3.05, 3.63) is 54.3 Å². The van der Waals surface area contributed by atoms with E-state index in [9.17, 15) is 5.11 Å². The van der Waals surface area contributed by atoms with Gasteiger partial charge in [-0.05, 0) is 85.6 Å². The van der Waals surface area contributed by atoms with E-state index >= 15 is 0 Å². The normalized spacial score (nSPS) is 41.3. The predicted molar refractivity (Wildman–Crippen MR) is 119 cm³/mol. The van der Waals surface area contributed by atoms with Crippen molar-refractivity contribution in [2.45, 2.75) is 64.9 Å². The molecule has 0 saturated heterocycles. The number of rotatable bonds is 1. The molecule has 0 radical (unpaired) electrons. The van der Waals surface area contributed by atoms with E-state index in [0.29, 0.717) is 5.41 Å². The van der Waals surface area contributed by atoms with Crippen LogP contribution in [0.25, 0.3) is 16.6 Å². The van der Waals surface area contributed by atoms with Gasteiger partial charge in [0.2, 0.25) is 0 Å². The zero-order valence-corrected chi connectivity index (χ0v) is 17.8. The van der Waals surface area contributed by atoms with Crippen LogP contribution >= 0.6 is 0 Å². The zero-order chi connectivity index (χ0) is 19.8. The van der Waals surface area contributed by atoms with E-state index in [2.05, 4.69) is 67.1 Å². The molecule has 2 fully saturated rings.